The van der Waals surface area contributed by atoms with Gasteiger partial charge in [0, 0.05) is 35.5 Å². The van der Waals surface area contributed by atoms with Gasteiger partial charge in [0.05, 0.1) is 18.8 Å². The molecule has 6 heteroatoms. The summed E-state index contributed by atoms with van der Waals surface area (Å²) in [5.74, 6) is 1.11. The largest absolute Gasteiger partial charge is 0.493 e. The first-order valence-electron chi connectivity index (χ1n) is 9.84. The molecule has 3 unspecified atom stereocenters. The van der Waals surface area contributed by atoms with Gasteiger partial charge in [-0.05, 0) is 36.6 Å². The van der Waals surface area contributed by atoms with Crippen molar-refractivity contribution in [2.45, 2.75) is 31.4 Å². The summed E-state index contributed by atoms with van der Waals surface area (Å²) in [7, 11) is 0. The number of rotatable bonds is 4. The first kappa shape index (κ1) is 19.3. The van der Waals surface area contributed by atoms with E-state index in [0.717, 1.165) is 41.7 Å². The fourth-order valence-corrected chi connectivity index (χ4v) is 4.39. The van der Waals surface area contributed by atoms with E-state index in [2.05, 4.69) is 38.7 Å². The van der Waals surface area contributed by atoms with Crippen molar-refractivity contribution in [2.24, 2.45) is 5.92 Å². The smallest absolute Gasteiger partial charge is 0.315 e. The molecule has 0 saturated carbocycles. The lowest BCUT2D eigenvalue weighted by molar-refractivity contribution is -0.0269. The lowest BCUT2D eigenvalue weighted by Crippen LogP contribution is -2.43. The Morgan fingerprint density at radius 2 is 1.96 bits per heavy atom. The van der Waals surface area contributed by atoms with E-state index in [1.165, 1.54) is 5.56 Å². The van der Waals surface area contributed by atoms with Crippen LogP contribution in [0.25, 0.3) is 0 Å². The number of amides is 2. The van der Waals surface area contributed by atoms with Crippen molar-refractivity contribution >= 4 is 22.0 Å². The summed E-state index contributed by atoms with van der Waals surface area (Å²) in [4.78, 5) is 12.6. The number of carbonyl (C=O) groups is 1. The van der Waals surface area contributed by atoms with Gasteiger partial charge in [-0.25, -0.2) is 4.79 Å². The zero-order valence-corrected chi connectivity index (χ0v) is 17.3. The number of hydrogen-bond acceptors (Lipinski definition) is 3. The van der Waals surface area contributed by atoms with Crippen molar-refractivity contribution in [3.05, 3.63) is 64.1 Å². The fourth-order valence-electron chi connectivity index (χ4n) is 4.01. The van der Waals surface area contributed by atoms with Crippen LogP contribution in [0.15, 0.2) is 53.0 Å². The summed E-state index contributed by atoms with van der Waals surface area (Å²) >= 11 is 3.50. The standard InChI is InChI=1S/C22H25BrN2O3/c23-17-8-9-20-18(13-17)19(10-12-27-20)25-22(26)24-14-16-7-4-11-28-21(16)15-5-2-1-3-6-15/h1-3,5-6,8-9,13,16,19,21H,4,7,10-12,14H2,(H2,24,25,26). The van der Waals surface area contributed by atoms with Crippen LogP contribution in [-0.4, -0.2) is 25.8 Å². The van der Waals surface area contributed by atoms with Crippen molar-refractivity contribution in [3.63, 3.8) is 0 Å². The van der Waals surface area contributed by atoms with Crippen LogP contribution < -0.4 is 15.4 Å². The molecular formula is C22H25BrN2O3. The highest BCUT2D eigenvalue weighted by Gasteiger charge is 2.28. The molecule has 2 heterocycles. The third kappa shape index (κ3) is 4.50. The van der Waals surface area contributed by atoms with Crippen LogP contribution in [0.5, 0.6) is 5.75 Å². The minimum Gasteiger partial charge on any atom is -0.493 e. The number of fused-ring (bicyclic) bond motifs is 1. The van der Waals surface area contributed by atoms with Crippen LogP contribution in [0, 0.1) is 5.92 Å². The summed E-state index contributed by atoms with van der Waals surface area (Å²) in [6.45, 7) is 1.97. The summed E-state index contributed by atoms with van der Waals surface area (Å²) in [5, 5.41) is 6.17. The molecule has 148 valence electrons. The van der Waals surface area contributed by atoms with Gasteiger partial charge >= 0.3 is 6.03 Å². The van der Waals surface area contributed by atoms with Gasteiger partial charge in [0.25, 0.3) is 0 Å². The van der Waals surface area contributed by atoms with Gasteiger partial charge in [-0.1, -0.05) is 46.3 Å². The normalized spacial score (nSPS) is 24.0. The van der Waals surface area contributed by atoms with E-state index >= 15 is 0 Å². The molecule has 2 amide bonds. The Morgan fingerprint density at radius 3 is 2.82 bits per heavy atom. The van der Waals surface area contributed by atoms with Crippen LogP contribution in [0.1, 0.15) is 42.5 Å². The quantitative estimate of drug-likeness (QED) is 0.715. The summed E-state index contributed by atoms with van der Waals surface area (Å²) in [6, 6.07) is 16.0. The summed E-state index contributed by atoms with van der Waals surface area (Å²) in [5.41, 5.74) is 2.19. The number of hydrogen-bond donors (Lipinski definition) is 2. The Balaban J connectivity index is 1.36. The Kier molecular flexibility index (Phi) is 6.17. The molecule has 1 fully saturated rings. The number of ether oxygens (including phenoxy) is 2. The van der Waals surface area contributed by atoms with Crippen LogP contribution >= 0.6 is 15.9 Å². The molecule has 2 aliphatic rings. The number of benzene rings is 2. The highest BCUT2D eigenvalue weighted by molar-refractivity contribution is 9.10. The molecule has 5 nitrogen and oxygen atoms in total. The van der Waals surface area contributed by atoms with E-state index in [9.17, 15) is 4.79 Å². The van der Waals surface area contributed by atoms with E-state index < -0.39 is 0 Å². The molecule has 4 rings (SSSR count). The van der Waals surface area contributed by atoms with Crippen LogP contribution in [0.4, 0.5) is 4.79 Å². The van der Waals surface area contributed by atoms with E-state index in [4.69, 9.17) is 9.47 Å². The highest BCUT2D eigenvalue weighted by atomic mass is 79.9. The summed E-state index contributed by atoms with van der Waals surface area (Å²) in [6.07, 6.45) is 2.87. The maximum atomic E-state index is 12.6. The van der Waals surface area contributed by atoms with Crippen molar-refractivity contribution in [3.8, 4) is 5.75 Å². The third-order valence-electron chi connectivity index (χ3n) is 5.41. The lowest BCUT2D eigenvalue weighted by Gasteiger charge is -2.32. The van der Waals surface area contributed by atoms with Gasteiger partial charge in [0.2, 0.25) is 0 Å². The van der Waals surface area contributed by atoms with Crippen LogP contribution in [-0.2, 0) is 4.74 Å². The molecule has 2 aromatic carbocycles. The summed E-state index contributed by atoms with van der Waals surface area (Å²) < 4.78 is 12.7. The first-order chi connectivity index (χ1) is 13.7. The topological polar surface area (TPSA) is 59.6 Å². The molecule has 2 aliphatic heterocycles. The number of carbonyl (C=O) groups excluding carboxylic acids is 1. The minimum atomic E-state index is -0.143. The maximum absolute atomic E-state index is 12.6. The molecule has 3 atom stereocenters. The fraction of sp³-hybridized carbons (Fsp3) is 0.409. The van der Waals surface area contributed by atoms with Gasteiger partial charge in [-0.15, -0.1) is 0 Å². The Morgan fingerprint density at radius 1 is 1.11 bits per heavy atom. The zero-order valence-electron chi connectivity index (χ0n) is 15.7. The van der Waals surface area contributed by atoms with E-state index in [-0.39, 0.29) is 24.1 Å². The van der Waals surface area contributed by atoms with E-state index in [1.54, 1.807) is 0 Å². The second-order valence-corrected chi connectivity index (χ2v) is 8.25. The molecule has 0 radical (unpaired) electrons. The zero-order chi connectivity index (χ0) is 19.3. The van der Waals surface area contributed by atoms with Crippen LogP contribution in [0.3, 0.4) is 0 Å². The third-order valence-corrected chi connectivity index (χ3v) is 5.91. The van der Waals surface area contributed by atoms with E-state index in [1.807, 2.05) is 36.4 Å². The molecule has 0 spiro atoms. The Labute approximate surface area is 173 Å². The van der Waals surface area contributed by atoms with Crippen molar-refractivity contribution in [2.75, 3.05) is 19.8 Å². The van der Waals surface area contributed by atoms with Gasteiger partial charge in [-0.2, -0.15) is 0 Å². The molecule has 2 N–H and O–H groups in total. The number of halogens is 1. The molecule has 0 aliphatic carbocycles. The molecule has 28 heavy (non-hydrogen) atoms. The average Bonchev–Trinajstić information content (AvgIpc) is 2.73. The average molecular weight is 445 g/mol. The predicted octanol–water partition coefficient (Wildman–Crippen LogP) is 4.74. The monoisotopic (exact) mass is 444 g/mol. The molecule has 1 saturated heterocycles. The Bertz CT molecular complexity index is 815. The second kappa shape index (κ2) is 8.97. The van der Waals surface area contributed by atoms with E-state index in [0.29, 0.717) is 13.2 Å². The molecule has 0 bridgehead atoms. The molecule has 0 aromatic heterocycles. The van der Waals surface area contributed by atoms with Crippen molar-refractivity contribution in [1.82, 2.24) is 10.6 Å². The highest BCUT2D eigenvalue weighted by Crippen LogP contribution is 2.35. The second-order valence-electron chi connectivity index (χ2n) is 7.33. The molecular weight excluding hydrogens is 420 g/mol. The van der Waals surface area contributed by atoms with Crippen molar-refractivity contribution < 1.29 is 14.3 Å². The van der Waals surface area contributed by atoms with Gasteiger partial charge in [0.15, 0.2) is 0 Å². The predicted molar refractivity (Wildman–Crippen MR) is 111 cm³/mol. The first-order valence-corrected chi connectivity index (χ1v) is 10.6. The van der Waals surface area contributed by atoms with Gasteiger partial charge in [-0.3, -0.25) is 0 Å². The number of urea groups is 1. The Hall–Kier alpha value is -2.05. The maximum Gasteiger partial charge on any atom is 0.315 e. The SMILES string of the molecule is O=C(NCC1CCCOC1c1ccccc1)NC1CCOc2ccc(Br)cc21. The van der Waals surface area contributed by atoms with Gasteiger partial charge < -0.3 is 20.1 Å². The van der Waals surface area contributed by atoms with Crippen molar-refractivity contribution in [1.29, 1.82) is 0 Å². The minimum absolute atomic E-state index is 0.0370. The molecule has 2 aromatic rings. The lowest BCUT2D eigenvalue weighted by atomic mass is 9.89. The van der Waals surface area contributed by atoms with Gasteiger partial charge in [0.1, 0.15) is 5.75 Å². The van der Waals surface area contributed by atoms with Crippen LogP contribution in [0.2, 0.25) is 0 Å². The number of nitrogens with one attached hydrogen (secondary N) is 2.